The third-order valence-electron chi connectivity index (χ3n) is 5.65. The van der Waals surface area contributed by atoms with Crippen molar-refractivity contribution >= 4 is 11.6 Å². The Kier molecular flexibility index (Phi) is 6.97. The molecule has 3 aromatic carbocycles. The Labute approximate surface area is 183 Å². The normalized spacial score (nSPS) is 15.0. The highest BCUT2D eigenvalue weighted by molar-refractivity contribution is 5.87. The van der Waals surface area contributed by atoms with E-state index in [1.54, 1.807) is 0 Å². The van der Waals surface area contributed by atoms with Crippen molar-refractivity contribution in [2.75, 3.05) is 37.7 Å². The third kappa shape index (κ3) is 5.32. The summed E-state index contributed by atoms with van der Waals surface area (Å²) in [7, 11) is 0. The fraction of sp³-hybridized carbons (Fsp3) is 0.269. The number of aliphatic hydroxyl groups excluding tert-OH is 1. The van der Waals surface area contributed by atoms with Gasteiger partial charge in [0.15, 0.2) is 0 Å². The quantitative estimate of drug-likeness (QED) is 0.619. The molecule has 1 aliphatic heterocycles. The molecule has 1 unspecified atom stereocenters. The number of rotatable bonds is 7. The lowest BCUT2D eigenvalue weighted by molar-refractivity contribution is -0.122. The molecule has 1 saturated heterocycles. The Hall–Kier alpha value is -3.15. The molecule has 0 spiro atoms. The number of aliphatic hydroxyl groups is 1. The van der Waals surface area contributed by atoms with Crippen LogP contribution in [-0.2, 0) is 9.53 Å². The topological polar surface area (TPSA) is 61.8 Å². The van der Waals surface area contributed by atoms with Crippen molar-refractivity contribution in [3.8, 4) is 0 Å². The minimum atomic E-state index is -0.769. The fourth-order valence-electron chi connectivity index (χ4n) is 3.93. The number of hydrogen-bond acceptors (Lipinski definition) is 4. The SMILES string of the molecule is O=C(NCC(O)c1ccc(N2CCOCC2)cc1)C(c1ccccc1)c1ccccc1. The predicted molar refractivity (Wildman–Crippen MR) is 122 cm³/mol. The van der Waals surface area contributed by atoms with Gasteiger partial charge in [0.25, 0.3) is 0 Å². The maximum absolute atomic E-state index is 13.1. The molecular weight excluding hydrogens is 388 g/mol. The maximum atomic E-state index is 13.1. The summed E-state index contributed by atoms with van der Waals surface area (Å²) in [4.78, 5) is 15.4. The number of nitrogens with one attached hydrogen (secondary N) is 1. The second-order valence-corrected chi connectivity index (χ2v) is 7.71. The second-order valence-electron chi connectivity index (χ2n) is 7.71. The summed E-state index contributed by atoms with van der Waals surface area (Å²) in [6.45, 7) is 3.38. The maximum Gasteiger partial charge on any atom is 0.232 e. The molecule has 0 saturated carbocycles. The van der Waals surface area contributed by atoms with E-state index in [1.807, 2.05) is 84.9 Å². The third-order valence-corrected chi connectivity index (χ3v) is 5.65. The molecule has 1 fully saturated rings. The van der Waals surface area contributed by atoms with E-state index in [9.17, 15) is 9.90 Å². The van der Waals surface area contributed by atoms with E-state index in [-0.39, 0.29) is 12.5 Å². The van der Waals surface area contributed by atoms with Crippen molar-refractivity contribution in [1.29, 1.82) is 0 Å². The fourth-order valence-corrected chi connectivity index (χ4v) is 3.93. The summed E-state index contributed by atoms with van der Waals surface area (Å²) in [6, 6.07) is 27.3. The van der Waals surface area contributed by atoms with E-state index >= 15 is 0 Å². The van der Waals surface area contributed by atoms with Crippen molar-refractivity contribution in [2.45, 2.75) is 12.0 Å². The van der Waals surface area contributed by atoms with Crippen LogP contribution in [0.4, 0.5) is 5.69 Å². The van der Waals surface area contributed by atoms with E-state index in [1.165, 1.54) is 0 Å². The van der Waals surface area contributed by atoms with Gasteiger partial charge in [-0.2, -0.15) is 0 Å². The van der Waals surface area contributed by atoms with Gasteiger partial charge in [-0.05, 0) is 28.8 Å². The van der Waals surface area contributed by atoms with Gasteiger partial charge in [-0.1, -0.05) is 72.8 Å². The highest BCUT2D eigenvalue weighted by Crippen LogP contribution is 2.25. The standard InChI is InChI=1S/C26H28N2O3/c29-24(20-11-13-23(14-12-20)28-15-17-31-18-16-28)19-27-26(30)25(21-7-3-1-4-8-21)22-9-5-2-6-10-22/h1-14,24-25,29H,15-19H2,(H,27,30). The van der Waals surface area contributed by atoms with E-state index in [0.717, 1.165) is 48.7 Å². The van der Waals surface area contributed by atoms with E-state index in [0.29, 0.717) is 0 Å². The molecule has 160 valence electrons. The Bertz CT molecular complexity index is 915. The first-order chi connectivity index (χ1) is 15.2. The summed E-state index contributed by atoms with van der Waals surface area (Å²) in [6.07, 6.45) is -0.769. The number of nitrogens with zero attached hydrogens (tertiary/aromatic N) is 1. The Morgan fingerprint density at radius 2 is 1.39 bits per heavy atom. The summed E-state index contributed by atoms with van der Waals surface area (Å²) in [5.41, 5.74) is 3.76. The zero-order chi connectivity index (χ0) is 21.5. The molecule has 1 atom stereocenters. The summed E-state index contributed by atoms with van der Waals surface area (Å²) in [5, 5.41) is 13.6. The van der Waals surface area contributed by atoms with Crippen LogP contribution in [-0.4, -0.2) is 43.9 Å². The van der Waals surface area contributed by atoms with Crippen LogP contribution < -0.4 is 10.2 Å². The predicted octanol–water partition coefficient (Wildman–Crippen LogP) is 3.50. The molecule has 4 rings (SSSR count). The van der Waals surface area contributed by atoms with Crippen LogP contribution in [0.25, 0.3) is 0 Å². The van der Waals surface area contributed by atoms with Crippen LogP contribution >= 0.6 is 0 Å². The smallest absolute Gasteiger partial charge is 0.232 e. The highest BCUT2D eigenvalue weighted by Gasteiger charge is 2.23. The van der Waals surface area contributed by atoms with E-state index in [4.69, 9.17) is 4.74 Å². The molecule has 5 nitrogen and oxygen atoms in total. The molecule has 0 aromatic heterocycles. The number of anilines is 1. The van der Waals surface area contributed by atoms with Crippen molar-refractivity contribution < 1.29 is 14.6 Å². The monoisotopic (exact) mass is 416 g/mol. The number of morpholine rings is 1. The molecule has 1 aliphatic rings. The Morgan fingerprint density at radius 3 is 1.94 bits per heavy atom. The number of carbonyl (C=O) groups is 1. The van der Waals surface area contributed by atoms with Gasteiger partial charge >= 0.3 is 0 Å². The van der Waals surface area contributed by atoms with Gasteiger partial charge in [-0.15, -0.1) is 0 Å². The van der Waals surface area contributed by atoms with Crippen molar-refractivity contribution in [1.82, 2.24) is 5.32 Å². The van der Waals surface area contributed by atoms with Crippen LogP contribution in [0.1, 0.15) is 28.7 Å². The lowest BCUT2D eigenvalue weighted by Gasteiger charge is -2.29. The molecule has 0 aliphatic carbocycles. The highest BCUT2D eigenvalue weighted by atomic mass is 16.5. The number of benzene rings is 3. The van der Waals surface area contributed by atoms with Crippen molar-refractivity contribution in [2.24, 2.45) is 0 Å². The lowest BCUT2D eigenvalue weighted by atomic mass is 9.90. The zero-order valence-electron chi connectivity index (χ0n) is 17.5. The Balaban J connectivity index is 1.41. The van der Waals surface area contributed by atoms with Crippen LogP contribution in [0.2, 0.25) is 0 Å². The zero-order valence-corrected chi connectivity index (χ0v) is 17.5. The molecule has 31 heavy (non-hydrogen) atoms. The summed E-state index contributed by atoms with van der Waals surface area (Å²) in [5.74, 6) is -0.542. The Morgan fingerprint density at radius 1 is 0.839 bits per heavy atom. The molecule has 1 amide bonds. The van der Waals surface area contributed by atoms with Crippen LogP contribution in [0.15, 0.2) is 84.9 Å². The lowest BCUT2D eigenvalue weighted by Crippen LogP contribution is -2.36. The number of hydrogen-bond donors (Lipinski definition) is 2. The van der Waals surface area contributed by atoms with Crippen LogP contribution in [0.5, 0.6) is 0 Å². The molecule has 0 radical (unpaired) electrons. The average molecular weight is 417 g/mol. The summed E-state index contributed by atoms with van der Waals surface area (Å²) >= 11 is 0. The largest absolute Gasteiger partial charge is 0.387 e. The van der Waals surface area contributed by atoms with E-state index < -0.39 is 12.0 Å². The average Bonchev–Trinajstić information content (AvgIpc) is 2.85. The second kappa shape index (κ2) is 10.2. The van der Waals surface area contributed by atoms with Crippen molar-refractivity contribution in [3.63, 3.8) is 0 Å². The number of amides is 1. The summed E-state index contributed by atoms with van der Waals surface area (Å²) < 4.78 is 5.40. The van der Waals surface area contributed by atoms with Crippen LogP contribution in [0.3, 0.4) is 0 Å². The van der Waals surface area contributed by atoms with Gasteiger partial charge in [0.2, 0.25) is 5.91 Å². The van der Waals surface area contributed by atoms with Gasteiger partial charge in [0.05, 0.1) is 25.2 Å². The molecule has 5 heteroatoms. The van der Waals surface area contributed by atoms with Crippen molar-refractivity contribution in [3.05, 3.63) is 102 Å². The minimum Gasteiger partial charge on any atom is -0.387 e. The molecule has 2 N–H and O–H groups in total. The van der Waals surface area contributed by atoms with Gasteiger partial charge < -0.3 is 20.1 Å². The minimum absolute atomic E-state index is 0.124. The first-order valence-electron chi connectivity index (χ1n) is 10.7. The number of ether oxygens (including phenoxy) is 1. The van der Waals surface area contributed by atoms with Gasteiger partial charge in [0, 0.05) is 25.3 Å². The number of carbonyl (C=O) groups excluding carboxylic acids is 1. The van der Waals surface area contributed by atoms with Crippen LogP contribution in [0, 0.1) is 0 Å². The van der Waals surface area contributed by atoms with Gasteiger partial charge in [0.1, 0.15) is 0 Å². The molecular formula is C26H28N2O3. The molecule has 3 aromatic rings. The first kappa shape index (κ1) is 21.1. The van der Waals surface area contributed by atoms with Gasteiger partial charge in [-0.25, -0.2) is 0 Å². The van der Waals surface area contributed by atoms with E-state index in [2.05, 4.69) is 10.2 Å². The first-order valence-corrected chi connectivity index (χ1v) is 10.7. The molecule has 0 bridgehead atoms. The van der Waals surface area contributed by atoms with Gasteiger partial charge in [-0.3, -0.25) is 4.79 Å². The molecule has 1 heterocycles.